The monoisotopic (exact) mass is 296 g/mol. The number of nitrogens with zero attached hydrogens (tertiary/aromatic N) is 3. The molecule has 3 rings (SSSR count). The van der Waals surface area contributed by atoms with Crippen LogP contribution in [0.25, 0.3) is 11.0 Å². The van der Waals surface area contributed by atoms with Crippen LogP contribution in [0, 0.1) is 10.6 Å². The van der Waals surface area contributed by atoms with E-state index in [4.69, 9.17) is 23.8 Å². The molecule has 0 aliphatic carbocycles. The Morgan fingerprint density at radius 3 is 2.95 bits per heavy atom. The highest BCUT2D eigenvalue weighted by Crippen LogP contribution is 2.23. The van der Waals surface area contributed by atoms with Crippen molar-refractivity contribution in [3.8, 4) is 0 Å². The highest BCUT2D eigenvalue weighted by Gasteiger charge is 2.10. The van der Waals surface area contributed by atoms with E-state index in [1.807, 2.05) is 23.9 Å². The predicted octanol–water partition coefficient (Wildman–Crippen LogP) is 3.27. The van der Waals surface area contributed by atoms with Gasteiger partial charge in [0.15, 0.2) is 4.77 Å². The summed E-state index contributed by atoms with van der Waals surface area (Å²) < 4.78 is 17.5. The molecule has 0 radical (unpaired) electrons. The molecule has 1 aromatic carbocycles. The van der Waals surface area contributed by atoms with Crippen LogP contribution >= 0.6 is 23.8 Å². The van der Waals surface area contributed by atoms with Gasteiger partial charge in [0, 0.05) is 19.3 Å². The summed E-state index contributed by atoms with van der Waals surface area (Å²) in [7, 11) is 1.85. The topological polar surface area (TPSA) is 38.5 Å². The minimum atomic E-state index is -0.463. The number of hydrogen-bond acceptors (Lipinski definition) is 2. The lowest BCUT2D eigenvalue weighted by molar-refractivity contribution is 0.629. The molecular formula is C12H10ClFN4S. The third kappa shape index (κ3) is 2.17. The minimum Gasteiger partial charge on any atom is -0.330 e. The maximum atomic E-state index is 13.4. The van der Waals surface area contributed by atoms with Gasteiger partial charge < -0.3 is 9.55 Å². The maximum Gasteiger partial charge on any atom is 0.178 e. The zero-order valence-electron chi connectivity index (χ0n) is 10.0. The minimum absolute atomic E-state index is 0.0799. The molecule has 0 amide bonds. The summed E-state index contributed by atoms with van der Waals surface area (Å²) in [6.45, 7) is 0.516. The van der Waals surface area contributed by atoms with Crippen LogP contribution in [0.2, 0.25) is 5.02 Å². The second kappa shape index (κ2) is 4.47. The second-order valence-electron chi connectivity index (χ2n) is 4.28. The zero-order valence-corrected chi connectivity index (χ0v) is 11.6. The van der Waals surface area contributed by atoms with Crippen LogP contribution in [-0.4, -0.2) is 19.3 Å². The van der Waals surface area contributed by atoms with E-state index in [1.54, 1.807) is 10.7 Å². The molecule has 0 fully saturated rings. The Kier molecular flexibility index (Phi) is 2.91. The molecule has 2 heterocycles. The van der Waals surface area contributed by atoms with Gasteiger partial charge in [-0.05, 0) is 24.4 Å². The lowest BCUT2D eigenvalue weighted by Crippen LogP contribution is -2.01. The predicted molar refractivity (Wildman–Crippen MR) is 74.4 cm³/mol. The number of rotatable bonds is 2. The summed E-state index contributed by atoms with van der Waals surface area (Å²) in [5.41, 5.74) is 2.27. The molecule has 0 spiro atoms. The Morgan fingerprint density at radius 1 is 1.47 bits per heavy atom. The largest absolute Gasteiger partial charge is 0.330 e. The highest BCUT2D eigenvalue weighted by atomic mass is 35.5. The van der Waals surface area contributed by atoms with Gasteiger partial charge in [-0.3, -0.25) is 4.68 Å². The van der Waals surface area contributed by atoms with E-state index in [-0.39, 0.29) is 5.02 Å². The second-order valence-corrected chi connectivity index (χ2v) is 5.07. The standard InChI is InChI=1S/C12H10ClFN4S/c1-17-3-2-7(16-17)6-18-11-4-8(13)9(14)5-10(11)15-12(18)19/h2-5H,6H2,1H3,(H,15,19). The van der Waals surface area contributed by atoms with Gasteiger partial charge in [0.2, 0.25) is 0 Å². The Balaban J connectivity index is 2.15. The molecular weight excluding hydrogens is 287 g/mol. The summed E-state index contributed by atoms with van der Waals surface area (Å²) >= 11 is 11.1. The van der Waals surface area contributed by atoms with Gasteiger partial charge in [-0.2, -0.15) is 5.10 Å². The van der Waals surface area contributed by atoms with Crippen molar-refractivity contribution in [2.24, 2.45) is 7.05 Å². The van der Waals surface area contributed by atoms with Gasteiger partial charge in [0.05, 0.1) is 28.3 Å². The fraction of sp³-hybridized carbons (Fsp3) is 0.167. The molecule has 98 valence electrons. The molecule has 0 aliphatic rings. The summed E-state index contributed by atoms with van der Waals surface area (Å²) in [6, 6.07) is 4.83. The summed E-state index contributed by atoms with van der Waals surface area (Å²) in [6.07, 6.45) is 1.86. The summed E-state index contributed by atoms with van der Waals surface area (Å²) in [5.74, 6) is -0.463. The third-order valence-electron chi connectivity index (χ3n) is 2.91. The number of nitrogens with one attached hydrogen (secondary N) is 1. The molecule has 0 saturated heterocycles. The van der Waals surface area contributed by atoms with Crippen molar-refractivity contribution >= 4 is 34.9 Å². The van der Waals surface area contributed by atoms with E-state index >= 15 is 0 Å². The smallest absolute Gasteiger partial charge is 0.178 e. The average molecular weight is 297 g/mol. The van der Waals surface area contributed by atoms with Gasteiger partial charge in [-0.1, -0.05) is 11.6 Å². The molecule has 0 atom stereocenters. The Hall–Kier alpha value is -1.66. The normalized spacial score (nSPS) is 11.3. The number of benzene rings is 1. The first-order valence-electron chi connectivity index (χ1n) is 5.60. The van der Waals surface area contributed by atoms with E-state index in [0.717, 1.165) is 11.2 Å². The van der Waals surface area contributed by atoms with Crippen molar-refractivity contribution in [1.82, 2.24) is 19.3 Å². The van der Waals surface area contributed by atoms with Crippen molar-refractivity contribution in [2.75, 3.05) is 0 Å². The summed E-state index contributed by atoms with van der Waals surface area (Å²) in [5, 5.41) is 4.38. The van der Waals surface area contributed by atoms with E-state index < -0.39 is 5.82 Å². The van der Waals surface area contributed by atoms with Gasteiger partial charge in [-0.15, -0.1) is 0 Å². The molecule has 0 saturated carbocycles. The molecule has 19 heavy (non-hydrogen) atoms. The van der Waals surface area contributed by atoms with Crippen molar-refractivity contribution in [1.29, 1.82) is 0 Å². The number of H-pyrrole nitrogens is 1. The fourth-order valence-electron chi connectivity index (χ4n) is 2.02. The van der Waals surface area contributed by atoms with Crippen molar-refractivity contribution in [3.63, 3.8) is 0 Å². The maximum absolute atomic E-state index is 13.4. The fourth-order valence-corrected chi connectivity index (χ4v) is 2.45. The van der Waals surface area contributed by atoms with Crippen LogP contribution in [0.4, 0.5) is 4.39 Å². The van der Waals surface area contributed by atoms with Gasteiger partial charge in [-0.25, -0.2) is 4.39 Å². The van der Waals surface area contributed by atoms with Crippen molar-refractivity contribution in [2.45, 2.75) is 6.54 Å². The molecule has 0 unspecified atom stereocenters. The Bertz CT molecular complexity index is 817. The van der Waals surface area contributed by atoms with Gasteiger partial charge in [0.25, 0.3) is 0 Å². The van der Waals surface area contributed by atoms with E-state index in [0.29, 0.717) is 16.8 Å². The molecule has 4 nitrogen and oxygen atoms in total. The van der Waals surface area contributed by atoms with Crippen molar-refractivity contribution in [3.05, 3.63) is 45.7 Å². The quantitative estimate of drug-likeness (QED) is 0.737. The molecule has 0 bridgehead atoms. The number of fused-ring (bicyclic) bond motifs is 1. The third-order valence-corrected chi connectivity index (χ3v) is 3.52. The van der Waals surface area contributed by atoms with E-state index in [9.17, 15) is 4.39 Å². The molecule has 3 aromatic rings. The number of aryl methyl sites for hydroxylation is 1. The lowest BCUT2D eigenvalue weighted by atomic mass is 10.3. The van der Waals surface area contributed by atoms with Crippen LogP contribution in [0.15, 0.2) is 24.4 Å². The molecule has 2 aromatic heterocycles. The van der Waals surface area contributed by atoms with Crippen LogP contribution in [0.1, 0.15) is 5.69 Å². The number of aromatic nitrogens is 4. The molecule has 0 aliphatic heterocycles. The average Bonchev–Trinajstić information content (AvgIpc) is 2.87. The lowest BCUT2D eigenvalue weighted by Gasteiger charge is -2.02. The SMILES string of the molecule is Cn1ccc(Cn2c(=S)[nH]c3cc(F)c(Cl)cc32)n1. The highest BCUT2D eigenvalue weighted by molar-refractivity contribution is 7.71. The number of hydrogen-bond donors (Lipinski definition) is 1. The van der Waals surface area contributed by atoms with Crippen LogP contribution in [-0.2, 0) is 13.6 Å². The Morgan fingerprint density at radius 2 is 2.26 bits per heavy atom. The molecule has 7 heteroatoms. The Labute approximate surface area is 118 Å². The molecule has 1 N–H and O–H groups in total. The van der Waals surface area contributed by atoms with Crippen LogP contribution in [0.3, 0.4) is 0 Å². The van der Waals surface area contributed by atoms with Crippen LogP contribution < -0.4 is 0 Å². The van der Waals surface area contributed by atoms with E-state index in [2.05, 4.69) is 10.1 Å². The zero-order chi connectivity index (χ0) is 13.6. The number of halogens is 2. The van der Waals surface area contributed by atoms with Gasteiger partial charge >= 0.3 is 0 Å². The van der Waals surface area contributed by atoms with Gasteiger partial charge in [0.1, 0.15) is 5.82 Å². The number of aromatic amines is 1. The van der Waals surface area contributed by atoms with Crippen molar-refractivity contribution < 1.29 is 4.39 Å². The van der Waals surface area contributed by atoms with E-state index in [1.165, 1.54) is 6.07 Å². The first kappa shape index (κ1) is 12.4. The first-order chi connectivity index (χ1) is 9.04. The first-order valence-corrected chi connectivity index (χ1v) is 6.39. The van der Waals surface area contributed by atoms with Crippen LogP contribution in [0.5, 0.6) is 0 Å². The number of imidazole rings is 1. The summed E-state index contributed by atoms with van der Waals surface area (Å²) in [4.78, 5) is 2.97.